The van der Waals surface area contributed by atoms with E-state index < -0.39 is 10.0 Å². The van der Waals surface area contributed by atoms with E-state index in [9.17, 15) is 13.2 Å². The van der Waals surface area contributed by atoms with Gasteiger partial charge in [0.15, 0.2) is 11.5 Å². The zero-order valence-electron chi connectivity index (χ0n) is 15.3. The van der Waals surface area contributed by atoms with Crippen LogP contribution in [0.15, 0.2) is 41.3 Å². The van der Waals surface area contributed by atoms with Gasteiger partial charge in [0, 0.05) is 29.7 Å². The quantitative estimate of drug-likeness (QED) is 0.666. The Morgan fingerprint density at radius 3 is 2.68 bits per heavy atom. The van der Waals surface area contributed by atoms with Crippen molar-refractivity contribution in [3.63, 3.8) is 0 Å². The second-order valence-corrected chi connectivity index (χ2v) is 8.44. The number of nitrogens with one attached hydrogen (secondary N) is 2. The van der Waals surface area contributed by atoms with Crippen molar-refractivity contribution in [2.24, 2.45) is 0 Å². The van der Waals surface area contributed by atoms with Crippen LogP contribution in [0.2, 0.25) is 5.02 Å². The maximum absolute atomic E-state index is 12.4. The number of hydrogen-bond donors (Lipinski definition) is 2. The molecule has 150 valence electrons. The van der Waals surface area contributed by atoms with E-state index >= 15 is 0 Å². The smallest absolute Gasteiger partial charge is 0.240 e. The number of fused-ring (bicyclic) bond motifs is 1. The van der Waals surface area contributed by atoms with Crippen molar-refractivity contribution < 1.29 is 22.7 Å². The topological polar surface area (TPSA) is 93.7 Å². The number of amides is 1. The van der Waals surface area contributed by atoms with Crippen LogP contribution in [0.5, 0.6) is 11.5 Å². The van der Waals surface area contributed by atoms with Gasteiger partial charge in [-0.15, -0.1) is 0 Å². The fraction of sp³-hybridized carbons (Fsp3) is 0.316. The van der Waals surface area contributed by atoms with Gasteiger partial charge in [-0.05, 0) is 43.2 Å². The van der Waals surface area contributed by atoms with E-state index in [4.69, 9.17) is 21.1 Å². The minimum atomic E-state index is -3.70. The molecule has 0 aromatic heterocycles. The molecule has 0 saturated carbocycles. The molecule has 0 spiro atoms. The lowest BCUT2D eigenvalue weighted by Crippen LogP contribution is -2.26. The molecule has 9 heteroatoms. The summed E-state index contributed by atoms with van der Waals surface area (Å²) in [7, 11) is -3.70. The van der Waals surface area contributed by atoms with Crippen molar-refractivity contribution >= 4 is 33.2 Å². The van der Waals surface area contributed by atoms with Gasteiger partial charge in [0.25, 0.3) is 0 Å². The fourth-order valence-electron chi connectivity index (χ4n) is 2.69. The van der Waals surface area contributed by atoms with Crippen LogP contribution in [-0.4, -0.2) is 34.1 Å². The molecule has 0 saturated heterocycles. The minimum absolute atomic E-state index is 0.0933. The van der Waals surface area contributed by atoms with Crippen LogP contribution in [0.4, 0.5) is 5.69 Å². The first kappa shape index (κ1) is 20.4. The van der Waals surface area contributed by atoms with Gasteiger partial charge in [-0.25, -0.2) is 13.1 Å². The Hall–Kier alpha value is -2.29. The van der Waals surface area contributed by atoms with Gasteiger partial charge in [-0.3, -0.25) is 4.79 Å². The monoisotopic (exact) mass is 424 g/mol. The third-order valence-corrected chi connectivity index (χ3v) is 6.11. The van der Waals surface area contributed by atoms with Crippen LogP contribution in [0, 0.1) is 6.92 Å². The lowest BCUT2D eigenvalue weighted by Gasteiger charge is -2.18. The summed E-state index contributed by atoms with van der Waals surface area (Å²) in [6, 6.07) is 9.75. The normalized spacial score (nSPS) is 13.2. The molecule has 0 radical (unpaired) electrons. The van der Waals surface area contributed by atoms with Gasteiger partial charge in [0.05, 0.1) is 4.90 Å². The van der Waals surface area contributed by atoms with Crippen LogP contribution in [0.1, 0.15) is 18.4 Å². The third-order valence-electron chi connectivity index (χ3n) is 4.24. The molecule has 0 aliphatic carbocycles. The fourth-order valence-corrected chi connectivity index (χ4v) is 3.95. The molecule has 28 heavy (non-hydrogen) atoms. The molecule has 0 atom stereocenters. The van der Waals surface area contributed by atoms with Crippen LogP contribution in [0.3, 0.4) is 0 Å². The molecule has 1 heterocycles. The first-order valence-electron chi connectivity index (χ1n) is 8.81. The number of anilines is 1. The van der Waals surface area contributed by atoms with Gasteiger partial charge in [-0.2, -0.15) is 0 Å². The van der Waals surface area contributed by atoms with Gasteiger partial charge >= 0.3 is 0 Å². The van der Waals surface area contributed by atoms with Crippen molar-refractivity contribution in [3.8, 4) is 11.5 Å². The van der Waals surface area contributed by atoms with E-state index in [0.717, 1.165) is 5.56 Å². The molecule has 3 rings (SSSR count). The van der Waals surface area contributed by atoms with E-state index in [2.05, 4.69) is 10.0 Å². The highest BCUT2D eigenvalue weighted by atomic mass is 35.5. The molecule has 2 N–H and O–H groups in total. The largest absolute Gasteiger partial charge is 0.486 e. The number of rotatable bonds is 7. The van der Waals surface area contributed by atoms with E-state index in [1.54, 1.807) is 24.3 Å². The third kappa shape index (κ3) is 4.95. The standard InChI is InChI=1S/C19H21ClN2O5S/c1-13-15(20)4-2-5-16(13)22-19(23)6-3-9-21-28(24,25)14-7-8-17-18(12-14)27-11-10-26-17/h2,4-5,7-8,12,21H,3,6,9-11H2,1H3,(H,22,23). The van der Waals surface area contributed by atoms with Crippen LogP contribution < -0.4 is 19.5 Å². The highest BCUT2D eigenvalue weighted by Crippen LogP contribution is 2.32. The number of benzene rings is 2. The summed E-state index contributed by atoms with van der Waals surface area (Å²) in [5.74, 6) is 0.729. The van der Waals surface area contributed by atoms with E-state index in [1.165, 1.54) is 12.1 Å². The highest BCUT2D eigenvalue weighted by molar-refractivity contribution is 7.89. The number of carbonyl (C=O) groups is 1. The molecule has 0 bridgehead atoms. The highest BCUT2D eigenvalue weighted by Gasteiger charge is 2.19. The number of sulfonamides is 1. The number of halogens is 1. The number of hydrogen-bond acceptors (Lipinski definition) is 5. The molecule has 2 aromatic rings. The van der Waals surface area contributed by atoms with Crippen LogP contribution in [-0.2, 0) is 14.8 Å². The van der Waals surface area contributed by atoms with E-state index in [-0.39, 0.29) is 23.8 Å². The maximum atomic E-state index is 12.4. The summed E-state index contributed by atoms with van der Waals surface area (Å²) in [6.07, 6.45) is 0.533. The number of carbonyl (C=O) groups excluding carboxylic acids is 1. The molecule has 1 amide bonds. The molecule has 1 aliphatic rings. The molecular formula is C19H21ClN2O5S. The Bertz CT molecular complexity index is 978. The molecule has 2 aromatic carbocycles. The van der Waals surface area contributed by atoms with Crippen molar-refractivity contribution in [2.75, 3.05) is 25.1 Å². The van der Waals surface area contributed by atoms with Crippen LogP contribution >= 0.6 is 11.6 Å². The maximum Gasteiger partial charge on any atom is 0.240 e. The van der Waals surface area contributed by atoms with Gasteiger partial charge in [-0.1, -0.05) is 17.7 Å². The summed E-state index contributed by atoms with van der Waals surface area (Å²) in [6.45, 7) is 2.78. The zero-order chi connectivity index (χ0) is 20.1. The van der Waals surface area contributed by atoms with Gasteiger partial charge < -0.3 is 14.8 Å². The van der Waals surface area contributed by atoms with Crippen molar-refractivity contribution in [2.45, 2.75) is 24.7 Å². The molecular weight excluding hydrogens is 404 g/mol. The SMILES string of the molecule is Cc1c(Cl)cccc1NC(=O)CCCNS(=O)(=O)c1ccc2c(c1)OCCO2. The molecule has 0 fully saturated rings. The number of ether oxygens (including phenoxy) is 2. The average molecular weight is 425 g/mol. The Morgan fingerprint density at radius 1 is 1.14 bits per heavy atom. The summed E-state index contributed by atoms with van der Waals surface area (Å²) in [5, 5.41) is 3.36. The summed E-state index contributed by atoms with van der Waals surface area (Å²) < 4.78 is 38.1. The lowest BCUT2D eigenvalue weighted by atomic mass is 10.2. The average Bonchev–Trinajstić information content (AvgIpc) is 2.68. The lowest BCUT2D eigenvalue weighted by molar-refractivity contribution is -0.116. The predicted molar refractivity (Wildman–Crippen MR) is 107 cm³/mol. The summed E-state index contributed by atoms with van der Waals surface area (Å²) in [5.41, 5.74) is 1.44. The van der Waals surface area contributed by atoms with Crippen molar-refractivity contribution in [1.29, 1.82) is 0 Å². The molecule has 0 unspecified atom stereocenters. The van der Waals surface area contributed by atoms with Gasteiger partial charge in [0.2, 0.25) is 15.9 Å². The van der Waals surface area contributed by atoms with Crippen molar-refractivity contribution in [1.82, 2.24) is 4.72 Å². The Balaban J connectivity index is 1.50. The summed E-state index contributed by atoms with van der Waals surface area (Å²) in [4.78, 5) is 12.2. The zero-order valence-corrected chi connectivity index (χ0v) is 16.9. The predicted octanol–water partition coefficient (Wildman–Crippen LogP) is 3.12. The van der Waals surface area contributed by atoms with E-state index in [0.29, 0.717) is 41.8 Å². The van der Waals surface area contributed by atoms with E-state index in [1.807, 2.05) is 6.92 Å². The summed E-state index contributed by atoms with van der Waals surface area (Å²) >= 11 is 6.03. The second kappa shape index (κ2) is 8.81. The Labute approximate surface area is 169 Å². The van der Waals surface area contributed by atoms with Crippen molar-refractivity contribution in [3.05, 3.63) is 47.0 Å². The first-order chi connectivity index (χ1) is 13.4. The van der Waals surface area contributed by atoms with Crippen LogP contribution in [0.25, 0.3) is 0 Å². The first-order valence-corrected chi connectivity index (χ1v) is 10.7. The van der Waals surface area contributed by atoms with Gasteiger partial charge in [0.1, 0.15) is 13.2 Å². The Morgan fingerprint density at radius 2 is 1.89 bits per heavy atom. The minimum Gasteiger partial charge on any atom is -0.486 e. The second-order valence-electron chi connectivity index (χ2n) is 6.27. The molecule has 7 nitrogen and oxygen atoms in total. The Kier molecular flexibility index (Phi) is 6.43. The molecule has 1 aliphatic heterocycles.